The fraction of sp³-hybridized carbons (Fsp3) is 0.125. The molecule has 0 aliphatic rings. The van der Waals surface area contributed by atoms with Crippen LogP contribution in [0.4, 0.5) is 0 Å². The number of hydrogen-bond acceptors (Lipinski definition) is 6. The number of carbonyl (C=O) groups is 1. The number of carboxylic acids is 1. The van der Waals surface area contributed by atoms with Gasteiger partial charge in [0.2, 0.25) is 0 Å². The molecule has 1 aromatic carbocycles. The zero-order valence-electron chi connectivity index (χ0n) is 7.72. The fourth-order valence-electron chi connectivity index (χ4n) is 0.453. The van der Waals surface area contributed by atoms with Gasteiger partial charge in [0.25, 0.3) is 0 Å². The van der Waals surface area contributed by atoms with Crippen molar-refractivity contribution in [2.75, 3.05) is 0 Å². The van der Waals surface area contributed by atoms with Crippen LogP contribution in [0.3, 0.4) is 0 Å². The molecule has 0 atom stereocenters. The van der Waals surface area contributed by atoms with Gasteiger partial charge in [-0.3, -0.25) is 10.5 Å². The second-order valence-corrected chi connectivity index (χ2v) is 2.01. The molecule has 90 valence electrons. The van der Waals surface area contributed by atoms with Gasteiger partial charge >= 0.3 is 22.4 Å². The van der Waals surface area contributed by atoms with Crippen molar-refractivity contribution in [1.29, 1.82) is 0 Å². The Hall–Kier alpha value is -1.05. The Bertz CT molecular complexity index is 223. The Morgan fingerprint density at radius 1 is 1.07 bits per heavy atom. The number of phenols is 2. The van der Waals surface area contributed by atoms with E-state index >= 15 is 0 Å². The van der Waals surface area contributed by atoms with E-state index in [1.165, 1.54) is 24.3 Å². The van der Waals surface area contributed by atoms with Crippen LogP contribution in [0.5, 0.6) is 11.5 Å². The Balaban J connectivity index is -0.000000179. The van der Waals surface area contributed by atoms with E-state index in [2.05, 4.69) is 0 Å². The van der Waals surface area contributed by atoms with Crippen LogP contribution >= 0.6 is 0 Å². The predicted octanol–water partition coefficient (Wildman–Crippen LogP) is -0.131. The maximum absolute atomic E-state index is 8.89. The minimum absolute atomic E-state index is 0. The molecular weight excluding hydrogens is 300 g/mol. The van der Waals surface area contributed by atoms with E-state index in [-0.39, 0.29) is 33.9 Å². The van der Waals surface area contributed by atoms with Crippen LogP contribution in [0, 0.1) is 0 Å². The molecule has 0 bridgehead atoms. The van der Waals surface area contributed by atoms with Crippen LogP contribution in [0.1, 0.15) is 6.92 Å². The van der Waals surface area contributed by atoms with Crippen molar-refractivity contribution in [3.8, 4) is 11.5 Å². The molecule has 1 rings (SSSR count). The molecule has 0 radical (unpaired) electrons. The Kier molecular flexibility index (Phi) is 16.8. The quantitative estimate of drug-likeness (QED) is 0.229. The fourth-order valence-corrected chi connectivity index (χ4v) is 0.453. The summed E-state index contributed by atoms with van der Waals surface area (Å²) in [6, 6.07) is 5.70. The number of rotatable bonds is 0. The second-order valence-electron chi connectivity index (χ2n) is 2.01. The predicted molar refractivity (Wildman–Crippen MR) is 45.7 cm³/mol. The topological polar surface area (TPSA) is 121 Å². The smallest absolute Gasteiger partial charge is 0.550 e. The van der Waals surface area contributed by atoms with E-state index in [1.807, 2.05) is 0 Å². The minimum Gasteiger partial charge on any atom is -0.550 e. The van der Waals surface area contributed by atoms with Gasteiger partial charge < -0.3 is 20.1 Å². The molecule has 0 saturated heterocycles. The van der Waals surface area contributed by atoms with Crippen LogP contribution in [0.15, 0.2) is 24.3 Å². The molecule has 0 amide bonds. The van der Waals surface area contributed by atoms with Gasteiger partial charge in [0.1, 0.15) is 11.5 Å². The first-order valence-corrected chi connectivity index (χ1v) is 3.38. The molecular formula is C8H11AgO6. The third-order valence-corrected chi connectivity index (χ3v) is 0.850. The molecule has 0 aliphatic heterocycles. The molecule has 0 unspecified atom stereocenters. The molecule has 4 N–H and O–H groups in total. The molecule has 0 aliphatic carbocycles. The molecule has 0 spiro atoms. The van der Waals surface area contributed by atoms with Crippen molar-refractivity contribution in [1.82, 2.24) is 0 Å². The standard InChI is InChI=1S/C6H6O2.C2H4O2.Ag.H2O2/c7-5-1-2-6(8)4-3-5;1-2(3)4;;1-2/h1-4,7-8H;1H3,(H,3,4);;1-2H/q;;+1;/p-1. The zero-order chi connectivity index (χ0) is 11.6. The third-order valence-electron chi connectivity index (χ3n) is 0.850. The van der Waals surface area contributed by atoms with Gasteiger partial charge in [-0.1, -0.05) is 0 Å². The number of aliphatic carboxylic acids is 1. The number of carbonyl (C=O) groups excluding carboxylic acids is 1. The molecule has 15 heavy (non-hydrogen) atoms. The van der Waals surface area contributed by atoms with Gasteiger partial charge in [-0.05, 0) is 31.2 Å². The summed E-state index contributed by atoms with van der Waals surface area (Å²) in [7, 11) is 0. The van der Waals surface area contributed by atoms with Crippen molar-refractivity contribution in [2.24, 2.45) is 0 Å². The molecule has 7 heteroatoms. The van der Waals surface area contributed by atoms with E-state index in [0.717, 1.165) is 6.92 Å². The average molecular weight is 311 g/mol. The molecule has 1 aromatic rings. The SMILES string of the molecule is CC(=O)[O-].OO.Oc1ccc(O)cc1.[Ag+]. The molecule has 0 aromatic heterocycles. The Labute approximate surface area is 102 Å². The van der Waals surface area contributed by atoms with Crippen LogP contribution in [-0.4, -0.2) is 26.7 Å². The molecule has 0 saturated carbocycles. The van der Waals surface area contributed by atoms with Gasteiger partial charge in [-0.25, -0.2) is 0 Å². The first kappa shape index (κ1) is 19.5. The van der Waals surface area contributed by atoms with E-state index in [0.29, 0.717) is 0 Å². The van der Waals surface area contributed by atoms with Crippen LogP contribution in [0.25, 0.3) is 0 Å². The molecule has 6 nitrogen and oxygen atoms in total. The summed E-state index contributed by atoms with van der Waals surface area (Å²) in [5, 5.41) is 38.2. The summed E-state index contributed by atoms with van der Waals surface area (Å²) in [4.78, 5) is 8.89. The average Bonchev–Trinajstić information content (AvgIpc) is 2.13. The van der Waals surface area contributed by atoms with Crippen LogP contribution in [0.2, 0.25) is 0 Å². The second kappa shape index (κ2) is 13.0. The Morgan fingerprint density at radius 3 is 1.33 bits per heavy atom. The third kappa shape index (κ3) is 19.4. The Morgan fingerprint density at radius 2 is 1.20 bits per heavy atom. The summed E-state index contributed by atoms with van der Waals surface area (Å²) in [5.74, 6) is -0.745. The number of hydrogen-bond donors (Lipinski definition) is 4. The summed E-state index contributed by atoms with van der Waals surface area (Å²) in [6.45, 7) is 0.972. The first-order valence-electron chi connectivity index (χ1n) is 3.38. The number of phenolic OH excluding ortho intramolecular Hbond substituents is 2. The van der Waals surface area contributed by atoms with Crippen molar-refractivity contribution in [3.05, 3.63) is 24.3 Å². The van der Waals surface area contributed by atoms with Crippen molar-refractivity contribution in [3.63, 3.8) is 0 Å². The van der Waals surface area contributed by atoms with Gasteiger partial charge in [0.15, 0.2) is 0 Å². The number of carboxylic acid groups (broad SMARTS) is 1. The van der Waals surface area contributed by atoms with Crippen molar-refractivity contribution < 1.29 is 53.0 Å². The normalized spacial score (nSPS) is 6.87. The number of aromatic hydroxyl groups is 2. The van der Waals surface area contributed by atoms with E-state index in [4.69, 9.17) is 30.6 Å². The largest absolute Gasteiger partial charge is 1.00 e. The maximum atomic E-state index is 8.89. The maximum Gasteiger partial charge on any atom is 1.00 e. The molecule has 0 heterocycles. The van der Waals surface area contributed by atoms with Gasteiger partial charge in [-0.2, -0.15) is 0 Å². The number of benzene rings is 1. The summed E-state index contributed by atoms with van der Waals surface area (Å²) in [5.41, 5.74) is 0. The first-order chi connectivity index (χ1) is 6.52. The van der Waals surface area contributed by atoms with E-state index in [9.17, 15) is 0 Å². The van der Waals surface area contributed by atoms with Gasteiger partial charge in [0, 0.05) is 5.97 Å². The summed E-state index contributed by atoms with van der Waals surface area (Å²) < 4.78 is 0. The van der Waals surface area contributed by atoms with Crippen molar-refractivity contribution in [2.45, 2.75) is 6.92 Å². The van der Waals surface area contributed by atoms with Crippen molar-refractivity contribution >= 4 is 5.97 Å². The summed E-state index contributed by atoms with van der Waals surface area (Å²) in [6.07, 6.45) is 0. The van der Waals surface area contributed by atoms with Gasteiger partial charge in [0.05, 0.1) is 0 Å². The minimum atomic E-state index is -1.08. The van der Waals surface area contributed by atoms with E-state index in [1.54, 1.807) is 0 Å². The van der Waals surface area contributed by atoms with E-state index < -0.39 is 5.97 Å². The monoisotopic (exact) mass is 310 g/mol. The van der Waals surface area contributed by atoms with Crippen LogP contribution < -0.4 is 5.11 Å². The molecule has 0 fully saturated rings. The van der Waals surface area contributed by atoms with Crippen LogP contribution in [-0.2, 0) is 27.2 Å². The van der Waals surface area contributed by atoms with Gasteiger partial charge in [-0.15, -0.1) is 0 Å². The zero-order valence-corrected chi connectivity index (χ0v) is 9.20. The summed E-state index contributed by atoms with van der Waals surface area (Å²) >= 11 is 0.